The highest BCUT2D eigenvalue weighted by atomic mass is 32.2. The zero-order chi connectivity index (χ0) is 15.2. The number of hydrogen-bond acceptors (Lipinski definition) is 4. The van der Waals surface area contributed by atoms with Crippen molar-refractivity contribution >= 4 is 21.4 Å². The van der Waals surface area contributed by atoms with E-state index in [0.29, 0.717) is 6.04 Å². The van der Waals surface area contributed by atoms with E-state index in [1.807, 2.05) is 0 Å². The van der Waals surface area contributed by atoms with E-state index in [0.717, 1.165) is 31.6 Å². The topological polar surface area (TPSA) is 75.3 Å². The Bertz CT molecular complexity index is 689. The van der Waals surface area contributed by atoms with E-state index in [2.05, 4.69) is 10.6 Å². The van der Waals surface area contributed by atoms with Crippen LogP contribution in [0.3, 0.4) is 0 Å². The minimum atomic E-state index is -3.44. The monoisotopic (exact) mass is 312 g/mol. The Labute approximate surface area is 122 Å². The number of carbonyl (C=O) groups is 1. The van der Waals surface area contributed by atoms with Crippen molar-refractivity contribution in [2.24, 2.45) is 5.92 Å². The molecule has 2 bridgehead atoms. The number of benzene rings is 1. The summed E-state index contributed by atoms with van der Waals surface area (Å²) in [4.78, 5) is 12.2. The molecule has 21 heavy (non-hydrogen) atoms. The predicted molar refractivity (Wildman–Crippen MR) is 76.2 cm³/mol. The predicted octanol–water partition coefficient (Wildman–Crippen LogP) is 1.31. The first kappa shape index (κ1) is 14.5. The minimum absolute atomic E-state index is 0.00901. The van der Waals surface area contributed by atoms with Gasteiger partial charge in [0, 0.05) is 18.3 Å². The zero-order valence-corrected chi connectivity index (χ0v) is 12.4. The fraction of sp³-hybridized carbons (Fsp3) is 0.500. The minimum Gasteiger partial charge on any atom is -0.323 e. The number of carbonyl (C=O) groups excluding carboxylic acids is 1. The van der Waals surface area contributed by atoms with E-state index in [4.69, 9.17) is 0 Å². The first-order chi connectivity index (χ1) is 9.84. The highest BCUT2D eigenvalue weighted by Gasteiger charge is 2.42. The Balaban J connectivity index is 1.80. The zero-order valence-electron chi connectivity index (χ0n) is 11.6. The van der Waals surface area contributed by atoms with Gasteiger partial charge in [-0.25, -0.2) is 12.8 Å². The lowest BCUT2D eigenvalue weighted by Gasteiger charge is -2.19. The van der Waals surface area contributed by atoms with Crippen LogP contribution in [0, 0.1) is 11.7 Å². The molecule has 5 nitrogen and oxygen atoms in total. The number of hydrogen-bond donors (Lipinski definition) is 2. The number of fused-ring (bicyclic) bond motifs is 2. The van der Waals surface area contributed by atoms with Gasteiger partial charge in [-0.2, -0.15) is 0 Å². The molecule has 1 aromatic rings. The normalized spacial score (nSPS) is 27.8. The lowest BCUT2D eigenvalue weighted by molar-refractivity contribution is -0.120. The maximum atomic E-state index is 13.8. The number of nitrogens with one attached hydrogen (secondary N) is 2. The summed E-state index contributed by atoms with van der Waals surface area (Å²) in [5.41, 5.74) is -0.0781. The Morgan fingerprint density at radius 2 is 2.14 bits per heavy atom. The van der Waals surface area contributed by atoms with Gasteiger partial charge in [0.1, 0.15) is 5.82 Å². The van der Waals surface area contributed by atoms with Crippen molar-refractivity contribution in [3.05, 3.63) is 24.0 Å². The Hall–Kier alpha value is -1.47. The molecule has 2 saturated heterocycles. The van der Waals surface area contributed by atoms with Crippen molar-refractivity contribution in [1.82, 2.24) is 5.32 Å². The van der Waals surface area contributed by atoms with E-state index >= 15 is 0 Å². The molecule has 0 radical (unpaired) electrons. The van der Waals surface area contributed by atoms with Gasteiger partial charge in [-0.15, -0.1) is 0 Å². The van der Waals surface area contributed by atoms with Crippen LogP contribution in [0.2, 0.25) is 0 Å². The quantitative estimate of drug-likeness (QED) is 0.825. The molecule has 0 saturated carbocycles. The second-order valence-electron chi connectivity index (χ2n) is 5.79. The van der Waals surface area contributed by atoms with Crippen LogP contribution in [0.25, 0.3) is 0 Å². The highest BCUT2D eigenvalue weighted by molar-refractivity contribution is 7.90. The molecular weight excluding hydrogens is 295 g/mol. The molecule has 1 amide bonds. The summed E-state index contributed by atoms with van der Waals surface area (Å²) in [6.45, 7) is 0. The number of rotatable bonds is 3. The Morgan fingerprint density at radius 3 is 2.71 bits per heavy atom. The molecule has 7 heteroatoms. The van der Waals surface area contributed by atoms with Crippen molar-refractivity contribution in [2.45, 2.75) is 36.2 Å². The van der Waals surface area contributed by atoms with Crippen molar-refractivity contribution in [2.75, 3.05) is 11.6 Å². The van der Waals surface area contributed by atoms with Gasteiger partial charge in [0.05, 0.1) is 16.5 Å². The van der Waals surface area contributed by atoms with Crippen LogP contribution in [0.4, 0.5) is 10.1 Å². The first-order valence-electron chi connectivity index (χ1n) is 6.91. The van der Waals surface area contributed by atoms with Crippen LogP contribution in [-0.2, 0) is 14.6 Å². The third-order valence-electron chi connectivity index (χ3n) is 4.26. The lowest BCUT2D eigenvalue weighted by Crippen LogP contribution is -2.33. The molecule has 1 aromatic carbocycles. The number of anilines is 1. The lowest BCUT2D eigenvalue weighted by atomic mass is 9.88. The van der Waals surface area contributed by atoms with Crippen LogP contribution in [0.5, 0.6) is 0 Å². The van der Waals surface area contributed by atoms with Crippen molar-refractivity contribution < 1.29 is 17.6 Å². The standard InChI is InChI=1S/C14H17FN2O3S/c1-21(19,20)9-3-4-11(15)13(7-9)17-14(18)10-6-8-2-5-12(10)16-8/h3-4,7-8,10,12,16H,2,5-6H2,1H3,(H,17,18). The molecule has 2 N–H and O–H groups in total. The van der Waals surface area contributed by atoms with E-state index in [1.165, 1.54) is 12.1 Å². The summed E-state index contributed by atoms with van der Waals surface area (Å²) in [5.74, 6) is -1.06. The third-order valence-corrected chi connectivity index (χ3v) is 5.37. The van der Waals surface area contributed by atoms with Gasteiger partial charge in [-0.3, -0.25) is 4.79 Å². The molecule has 2 fully saturated rings. The fourth-order valence-corrected chi connectivity index (χ4v) is 3.82. The Morgan fingerprint density at radius 1 is 1.38 bits per heavy atom. The average Bonchev–Trinajstić information content (AvgIpc) is 3.02. The van der Waals surface area contributed by atoms with E-state index in [9.17, 15) is 17.6 Å². The number of sulfone groups is 1. The van der Waals surface area contributed by atoms with Gasteiger partial charge in [-0.1, -0.05) is 0 Å². The molecule has 114 valence electrons. The molecule has 0 spiro atoms. The van der Waals surface area contributed by atoms with E-state index in [1.54, 1.807) is 0 Å². The van der Waals surface area contributed by atoms with Gasteiger partial charge in [-0.05, 0) is 37.5 Å². The smallest absolute Gasteiger partial charge is 0.229 e. The van der Waals surface area contributed by atoms with E-state index < -0.39 is 15.7 Å². The molecular formula is C14H17FN2O3S. The van der Waals surface area contributed by atoms with Crippen LogP contribution >= 0.6 is 0 Å². The highest BCUT2D eigenvalue weighted by Crippen LogP contribution is 2.34. The molecule has 0 aromatic heterocycles. The molecule has 2 aliphatic heterocycles. The largest absolute Gasteiger partial charge is 0.323 e. The van der Waals surface area contributed by atoms with Gasteiger partial charge in [0.15, 0.2) is 9.84 Å². The fourth-order valence-electron chi connectivity index (χ4n) is 3.17. The average molecular weight is 312 g/mol. The molecule has 2 heterocycles. The number of halogens is 1. The molecule has 2 aliphatic rings. The van der Waals surface area contributed by atoms with Gasteiger partial charge < -0.3 is 10.6 Å². The first-order valence-corrected chi connectivity index (χ1v) is 8.80. The van der Waals surface area contributed by atoms with Crippen molar-refractivity contribution in [1.29, 1.82) is 0 Å². The molecule has 3 unspecified atom stereocenters. The second kappa shape index (κ2) is 5.06. The van der Waals surface area contributed by atoms with Crippen molar-refractivity contribution in [3.8, 4) is 0 Å². The van der Waals surface area contributed by atoms with Gasteiger partial charge in [0.2, 0.25) is 5.91 Å². The summed E-state index contributed by atoms with van der Waals surface area (Å²) in [6.07, 6.45) is 3.83. The molecule has 0 aliphatic carbocycles. The van der Waals surface area contributed by atoms with Crippen LogP contribution < -0.4 is 10.6 Å². The third kappa shape index (κ3) is 2.80. The van der Waals surface area contributed by atoms with E-state index in [-0.39, 0.29) is 28.4 Å². The maximum Gasteiger partial charge on any atom is 0.229 e. The summed E-state index contributed by atoms with van der Waals surface area (Å²) < 4.78 is 36.8. The number of amides is 1. The van der Waals surface area contributed by atoms with Gasteiger partial charge >= 0.3 is 0 Å². The maximum absolute atomic E-state index is 13.8. The Kier molecular flexibility index (Phi) is 3.49. The summed E-state index contributed by atoms with van der Waals surface area (Å²) in [6, 6.07) is 3.95. The SMILES string of the molecule is CS(=O)(=O)c1ccc(F)c(NC(=O)C2CC3CCC2N3)c1. The van der Waals surface area contributed by atoms with Crippen LogP contribution in [0.1, 0.15) is 19.3 Å². The summed E-state index contributed by atoms with van der Waals surface area (Å²) in [7, 11) is -3.44. The van der Waals surface area contributed by atoms with Crippen molar-refractivity contribution in [3.63, 3.8) is 0 Å². The summed E-state index contributed by atoms with van der Waals surface area (Å²) in [5, 5.41) is 5.88. The van der Waals surface area contributed by atoms with Gasteiger partial charge in [0.25, 0.3) is 0 Å². The van der Waals surface area contributed by atoms with Crippen LogP contribution in [-0.4, -0.2) is 32.7 Å². The summed E-state index contributed by atoms with van der Waals surface area (Å²) >= 11 is 0. The molecule has 3 atom stereocenters. The molecule has 3 rings (SSSR count). The second-order valence-corrected chi connectivity index (χ2v) is 7.81. The van der Waals surface area contributed by atoms with Crippen LogP contribution in [0.15, 0.2) is 23.1 Å².